The lowest BCUT2D eigenvalue weighted by molar-refractivity contribution is -0.120. The van der Waals surface area contributed by atoms with Crippen LogP contribution in [0.3, 0.4) is 0 Å². The fourth-order valence-corrected chi connectivity index (χ4v) is 2.92. The van der Waals surface area contributed by atoms with E-state index in [4.69, 9.17) is 4.74 Å². The zero-order valence-electron chi connectivity index (χ0n) is 16.0. The summed E-state index contributed by atoms with van der Waals surface area (Å²) in [5.41, 5.74) is 0.665. The fourth-order valence-electron chi connectivity index (χ4n) is 2.92. The van der Waals surface area contributed by atoms with Crippen molar-refractivity contribution in [2.75, 3.05) is 46.4 Å². The SMILES string of the molecule is CCNC(=NCCNC(=O)Cc1cccc(F)c1)N(C)CC1CCOC1.I. The fraction of sp³-hybridized carbons (Fsp3) is 0.579. The van der Waals surface area contributed by atoms with Crippen molar-refractivity contribution in [3.05, 3.63) is 35.6 Å². The van der Waals surface area contributed by atoms with Gasteiger partial charge in [0, 0.05) is 39.2 Å². The van der Waals surface area contributed by atoms with Gasteiger partial charge in [-0.1, -0.05) is 12.1 Å². The summed E-state index contributed by atoms with van der Waals surface area (Å²) in [5, 5.41) is 6.10. The van der Waals surface area contributed by atoms with E-state index < -0.39 is 0 Å². The zero-order chi connectivity index (χ0) is 18.8. The van der Waals surface area contributed by atoms with Gasteiger partial charge >= 0.3 is 0 Å². The third-order valence-electron chi connectivity index (χ3n) is 4.20. The van der Waals surface area contributed by atoms with E-state index in [-0.39, 0.29) is 42.1 Å². The van der Waals surface area contributed by atoms with Crippen molar-refractivity contribution in [2.24, 2.45) is 10.9 Å². The summed E-state index contributed by atoms with van der Waals surface area (Å²) < 4.78 is 18.6. The molecule has 1 fully saturated rings. The Balaban J connectivity index is 0.00000364. The third kappa shape index (κ3) is 8.87. The van der Waals surface area contributed by atoms with Crippen molar-refractivity contribution < 1.29 is 13.9 Å². The van der Waals surface area contributed by atoms with Gasteiger partial charge in [0.05, 0.1) is 19.6 Å². The maximum Gasteiger partial charge on any atom is 0.224 e. The summed E-state index contributed by atoms with van der Waals surface area (Å²) >= 11 is 0. The molecule has 0 bridgehead atoms. The van der Waals surface area contributed by atoms with Crippen molar-refractivity contribution in [1.29, 1.82) is 0 Å². The lowest BCUT2D eigenvalue weighted by atomic mass is 10.1. The molecule has 0 saturated carbocycles. The second-order valence-corrected chi connectivity index (χ2v) is 6.50. The first-order valence-electron chi connectivity index (χ1n) is 9.16. The number of hydrogen-bond donors (Lipinski definition) is 2. The summed E-state index contributed by atoms with van der Waals surface area (Å²) in [6.45, 7) is 6.30. The number of carbonyl (C=O) groups is 1. The molecule has 1 aromatic rings. The molecule has 27 heavy (non-hydrogen) atoms. The van der Waals surface area contributed by atoms with Crippen LogP contribution in [0.15, 0.2) is 29.3 Å². The van der Waals surface area contributed by atoms with Crippen LogP contribution < -0.4 is 10.6 Å². The molecule has 152 valence electrons. The van der Waals surface area contributed by atoms with Crippen molar-refractivity contribution >= 4 is 35.8 Å². The summed E-state index contributed by atoms with van der Waals surface area (Å²) in [5.74, 6) is 0.909. The molecule has 0 aromatic heterocycles. The number of rotatable bonds is 8. The van der Waals surface area contributed by atoms with Crippen molar-refractivity contribution in [2.45, 2.75) is 19.8 Å². The minimum absolute atomic E-state index is 0. The first-order chi connectivity index (χ1) is 12.6. The Morgan fingerprint density at radius 1 is 1.41 bits per heavy atom. The Hall–Kier alpha value is -1.42. The molecule has 1 saturated heterocycles. The van der Waals surface area contributed by atoms with Gasteiger partial charge in [-0.05, 0) is 31.0 Å². The van der Waals surface area contributed by atoms with E-state index in [0.29, 0.717) is 24.6 Å². The molecule has 1 heterocycles. The molecule has 2 rings (SSSR count). The molecule has 8 heteroatoms. The number of carbonyl (C=O) groups excluding carboxylic acids is 1. The van der Waals surface area contributed by atoms with E-state index in [0.717, 1.165) is 38.7 Å². The maximum atomic E-state index is 13.1. The van der Waals surface area contributed by atoms with Gasteiger partial charge in [-0.3, -0.25) is 9.79 Å². The maximum absolute atomic E-state index is 13.1. The lowest BCUT2D eigenvalue weighted by Gasteiger charge is -2.24. The van der Waals surface area contributed by atoms with Crippen LogP contribution in [-0.2, 0) is 16.0 Å². The Labute approximate surface area is 178 Å². The topological polar surface area (TPSA) is 66.0 Å². The molecule has 1 amide bonds. The molecule has 2 N–H and O–H groups in total. The van der Waals surface area contributed by atoms with E-state index in [1.165, 1.54) is 12.1 Å². The van der Waals surface area contributed by atoms with Gasteiger partial charge in [0.2, 0.25) is 5.91 Å². The number of amides is 1. The lowest BCUT2D eigenvalue weighted by Crippen LogP contribution is -2.42. The van der Waals surface area contributed by atoms with Crippen LogP contribution in [0.4, 0.5) is 4.39 Å². The average Bonchev–Trinajstić information content (AvgIpc) is 3.10. The summed E-state index contributed by atoms with van der Waals surface area (Å²) in [4.78, 5) is 18.6. The van der Waals surface area contributed by atoms with Gasteiger partial charge in [0.15, 0.2) is 5.96 Å². The Kier molecular flexibility index (Phi) is 11.3. The quantitative estimate of drug-likeness (QED) is 0.252. The first kappa shape index (κ1) is 23.6. The molecular formula is C19H30FIN4O2. The van der Waals surface area contributed by atoms with Crippen LogP contribution in [0.1, 0.15) is 18.9 Å². The van der Waals surface area contributed by atoms with Gasteiger partial charge in [-0.15, -0.1) is 24.0 Å². The van der Waals surface area contributed by atoms with Gasteiger partial charge in [-0.25, -0.2) is 4.39 Å². The molecule has 6 nitrogen and oxygen atoms in total. The van der Waals surface area contributed by atoms with Crippen LogP contribution in [0, 0.1) is 11.7 Å². The van der Waals surface area contributed by atoms with E-state index in [1.54, 1.807) is 12.1 Å². The Bertz CT molecular complexity index is 609. The van der Waals surface area contributed by atoms with E-state index in [1.807, 2.05) is 14.0 Å². The number of benzene rings is 1. The first-order valence-corrected chi connectivity index (χ1v) is 9.16. The number of halogens is 2. The molecule has 1 aromatic carbocycles. The molecule has 1 unspecified atom stereocenters. The van der Waals surface area contributed by atoms with E-state index in [9.17, 15) is 9.18 Å². The van der Waals surface area contributed by atoms with Gasteiger partial charge in [-0.2, -0.15) is 0 Å². The van der Waals surface area contributed by atoms with Crippen LogP contribution in [0.25, 0.3) is 0 Å². The summed E-state index contributed by atoms with van der Waals surface area (Å²) in [6.07, 6.45) is 1.25. The highest BCUT2D eigenvalue weighted by Crippen LogP contribution is 2.13. The number of nitrogens with one attached hydrogen (secondary N) is 2. The molecule has 1 aliphatic heterocycles. The standard InChI is InChI=1S/C19H29FN4O2.HI/c1-3-21-19(24(2)13-16-7-10-26-14-16)23-9-8-22-18(25)12-15-5-4-6-17(20)11-15;/h4-6,11,16H,3,7-10,12-14H2,1-2H3,(H,21,23)(H,22,25);1H. The molecular weight excluding hydrogens is 462 g/mol. The number of nitrogens with zero attached hydrogens (tertiary/aromatic N) is 2. The Morgan fingerprint density at radius 3 is 2.89 bits per heavy atom. The third-order valence-corrected chi connectivity index (χ3v) is 4.20. The monoisotopic (exact) mass is 492 g/mol. The van der Waals surface area contributed by atoms with Crippen LogP contribution in [0.5, 0.6) is 0 Å². The predicted octanol–water partition coefficient (Wildman–Crippen LogP) is 2.04. The van der Waals surface area contributed by atoms with Crippen molar-refractivity contribution in [1.82, 2.24) is 15.5 Å². The van der Waals surface area contributed by atoms with Gasteiger partial charge < -0.3 is 20.3 Å². The van der Waals surface area contributed by atoms with Gasteiger partial charge in [0.1, 0.15) is 5.82 Å². The van der Waals surface area contributed by atoms with Crippen molar-refractivity contribution in [3.8, 4) is 0 Å². The Morgan fingerprint density at radius 2 is 2.22 bits per heavy atom. The number of ether oxygens (including phenoxy) is 1. The summed E-state index contributed by atoms with van der Waals surface area (Å²) in [7, 11) is 2.02. The smallest absolute Gasteiger partial charge is 0.224 e. The zero-order valence-corrected chi connectivity index (χ0v) is 18.4. The molecule has 1 aliphatic rings. The number of guanidine groups is 1. The second-order valence-electron chi connectivity index (χ2n) is 6.50. The van der Waals surface area contributed by atoms with Crippen LogP contribution >= 0.6 is 24.0 Å². The normalized spacial score (nSPS) is 16.6. The molecule has 0 spiro atoms. The highest BCUT2D eigenvalue weighted by Gasteiger charge is 2.18. The average molecular weight is 492 g/mol. The predicted molar refractivity (Wildman–Crippen MR) is 116 cm³/mol. The molecule has 0 radical (unpaired) electrons. The largest absolute Gasteiger partial charge is 0.381 e. The van der Waals surface area contributed by atoms with E-state index in [2.05, 4.69) is 20.5 Å². The summed E-state index contributed by atoms with van der Waals surface area (Å²) in [6, 6.07) is 6.09. The van der Waals surface area contributed by atoms with Crippen LogP contribution in [-0.4, -0.2) is 63.2 Å². The van der Waals surface area contributed by atoms with Gasteiger partial charge in [0.25, 0.3) is 0 Å². The van der Waals surface area contributed by atoms with Crippen molar-refractivity contribution in [3.63, 3.8) is 0 Å². The molecule has 0 aliphatic carbocycles. The minimum atomic E-state index is -0.328. The van der Waals surface area contributed by atoms with E-state index >= 15 is 0 Å². The number of hydrogen-bond acceptors (Lipinski definition) is 3. The minimum Gasteiger partial charge on any atom is -0.381 e. The number of aliphatic imine (C=N–C) groups is 1. The van der Waals surface area contributed by atoms with Crippen LogP contribution in [0.2, 0.25) is 0 Å². The highest BCUT2D eigenvalue weighted by atomic mass is 127. The second kappa shape index (κ2) is 12.9. The molecule has 1 atom stereocenters. The highest BCUT2D eigenvalue weighted by molar-refractivity contribution is 14.0.